The highest BCUT2D eigenvalue weighted by Crippen LogP contribution is 2.11. The van der Waals surface area contributed by atoms with Crippen LogP contribution in [0.4, 0.5) is 0 Å². The topological polar surface area (TPSA) is 116 Å². The molecule has 4 N–H and O–H groups in total. The van der Waals surface area contributed by atoms with Gasteiger partial charge in [0.15, 0.2) is 0 Å². The van der Waals surface area contributed by atoms with E-state index in [1.807, 2.05) is 27.7 Å². The van der Waals surface area contributed by atoms with Crippen molar-refractivity contribution in [1.82, 2.24) is 10.6 Å². The van der Waals surface area contributed by atoms with Gasteiger partial charge >= 0.3 is 5.97 Å². The molecule has 0 saturated heterocycles. The lowest BCUT2D eigenvalue weighted by Gasteiger charge is -2.26. The van der Waals surface area contributed by atoms with Gasteiger partial charge in [-0.2, -0.15) is 0 Å². The number of rotatable bonds is 10. The number of hydrogen-bond donors (Lipinski definition) is 4. The SMILES string of the molecule is CC[C@H](C)[C@H](NC(=O)CC(C)O)C(=O)N[C@@H](CC(C)C)C(=O)O. The third-order valence-electron chi connectivity index (χ3n) is 3.61. The quantitative estimate of drug-likeness (QED) is 0.475. The lowest BCUT2D eigenvalue weighted by Crippen LogP contribution is -2.54. The molecule has 2 amide bonds. The van der Waals surface area contributed by atoms with Crippen molar-refractivity contribution in [3.8, 4) is 0 Å². The number of nitrogens with one attached hydrogen (secondary N) is 2. The van der Waals surface area contributed by atoms with E-state index >= 15 is 0 Å². The van der Waals surface area contributed by atoms with Crippen molar-refractivity contribution < 1.29 is 24.6 Å². The molecule has 0 aromatic carbocycles. The molecule has 0 aliphatic rings. The Hall–Kier alpha value is -1.63. The molecular formula is C16H30N2O5. The predicted octanol–water partition coefficient (Wildman–Crippen LogP) is 0.904. The monoisotopic (exact) mass is 330 g/mol. The van der Waals surface area contributed by atoms with Gasteiger partial charge in [-0.15, -0.1) is 0 Å². The lowest BCUT2D eigenvalue weighted by atomic mass is 9.96. The Kier molecular flexibility index (Phi) is 9.48. The minimum Gasteiger partial charge on any atom is -0.480 e. The Morgan fingerprint density at radius 1 is 1.04 bits per heavy atom. The van der Waals surface area contributed by atoms with Gasteiger partial charge in [0.05, 0.1) is 12.5 Å². The van der Waals surface area contributed by atoms with Crippen LogP contribution in [0.5, 0.6) is 0 Å². The van der Waals surface area contributed by atoms with Gasteiger partial charge in [-0.05, 0) is 25.2 Å². The summed E-state index contributed by atoms with van der Waals surface area (Å²) >= 11 is 0. The van der Waals surface area contributed by atoms with Crippen LogP contribution in [-0.4, -0.2) is 46.2 Å². The Labute approximate surface area is 137 Å². The summed E-state index contributed by atoms with van der Waals surface area (Å²) in [5, 5.41) is 23.6. The van der Waals surface area contributed by atoms with E-state index in [9.17, 15) is 24.6 Å². The maximum atomic E-state index is 12.4. The molecule has 0 saturated carbocycles. The van der Waals surface area contributed by atoms with Gasteiger partial charge in [0, 0.05) is 0 Å². The van der Waals surface area contributed by atoms with E-state index in [1.54, 1.807) is 0 Å². The molecule has 0 heterocycles. The number of aliphatic hydroxyl groups is 1. The van der Waals surface area contributed by atoms with Crippen molar-refractivity contribution in [1.29, 1.82) is 0 Å². The largest absolute Gasteiger partial charge is 0.480 e. The average molecular weight is 330 g/mol. The Balaban J connectivity index is 4.98. The molecule has 7 nitrogen and oxygen atoms in total. The first kappa shape index (κ1) is 21.4. The molecule has 0 aromatic heterocycles. The molecule has 0 fully saturated rings. The molecule has 23 heavy (non-hydrogen) atoms. The van der Waals surface area contributed by atoms with Crippen LogP contribution < -0.4 is 10.6 Å². The maximum absolute atomic E-state index is 12.4. The van der Waals surface area contributed by atoms with E-state index in [4.69, 9.17) is 0 Å². The Bertz CT molecular complexity index is 409. The molecular weight excluding hydrogens is 300 g/mol. The second-order valence-corrected chi connectivity index (χ2v) is 6.51. The van der Waals surface area contributed by atoms with Crippen molar-refractivity contribution in [3.05, 3.63) is 0 Å². The molecule has 0 aliphatic carbocycles. The van der Waals surface area contributed by atoms with Crippen LogP contribution in [0, 0.1) is 11.8 Å². The van der Waals surface area contributed by atoms with E-state index in [0.717, 1.165) is 0 Å². The summed E-state index contributed by atoms with van der Waals surface area (Å²) in [7, 11) is 0. The number of carboxylic acid groups (broad SMARTS) is 1. The fraction of sp³-hybridized carbons (Fsp3) is 0.812. The van der Waals surface area contributed by atoms with Gasteiger partial charge in [0.25, 0.3) is 0 Å². The van der Waals surface area contributed by atoms with E-state index in [0.29, 0.717) is 12.8 Å². The number of carbonyl (C=O) groups is 3. The van der Waals surface area contributed by atoms with Crippen LogP contribution in [0.1, 0.15) is 53.9 Å². The molecule has 0 aromatic rings. The van der Waals surface area contributed by atoms with Gasteiger partial charge in [0.2, 0.25) is 11.8 Å². The first-order valence-corrected chi connectivity index (χ1v) is 8.09. The molecule has 7 heteroatoms. The number of hydrogen-bond acceptors (Lipinski definition) is 4. The summed E-state index contributed by atoms with van der Waals surface area (Å²) in [5.41, 5.74) is 0. The van der Waals surface area contributed by atoms with Crippen molar-refractivity contribution in [2.75, 3.05) is 0 Å². The first-order chi connectivity index (χ1) is 10.6. The van der Waals surface area contributed by atoms with Gasteiger partial charge in [-0.25, -0.2) is 4.79 Å². The molecule has 0 rings (SSSR count). The second kappa shape index (κ2) is 10.2. The van der Waals surface area contributed by atoms with E-state index in [-0.39, 0.29) is 18.3 Å². The lowest BCUT2D eigenvalue weighted by molar-refractivity contribution is -0.143. The zero-order chi connectivity index (χ0) is 18.2. The Morgan fingerprint density at radius 3 is 2.00 bits per heavy atom. The molecule has 0 aliphatic heterocycles. The summed E-state index contributed by atoms with van der Waals surface area (Å²) in [6, 6.07) is -1.80. The van der Waals surface area contributed by atoms with E-state index in [1.165, 1.54) is 6.92 Å². The number of carbonyl (C=O) groups excluding carboxylic acids is 2. The van der Waals surface area contributed by atoms with Gasteiger partial charge < -0.3 is 20.8 Å². The van der Waals surface area contributed by atoms with Crippen LogP contribution >= 0.6 is 0 Å². The third kappa shape index (κ3) is 8.54. The minimum atomic E-state index is -1.09. The van der Waals surface area contributed by atoms with Crippen LogP contribution in [0.2, 0.25) is 0 Å². The third-order valence-corrected chi connectivity index (χ3v) is 3.61. The minimum absolute atomic E-state index is 0.103. The summed E-state index contributed by atoms with van der Waals surface area (Å²) in [6.45, 7) is 8.93. The van der Waals surface area contributed by atoms with Gasteiger partial charge in [-0.3, -0.25) is 9.59 Å². The van der Waals surface area contributed by atoms with Crippen molar-refractivity contribution in [2.45, 2.75) is 72.1 Å². The van der Waals surface area contributed by atoms with Crippen molar-refractivity contribution in [3.63, 3.8) is 0 Å². The highest BCUT2D eigenvalue weighted by Gasteiger charge is 2.30. The summed E-state index contributed by atoms with van der Waals surface area (Å²) in [4.78, 5) is 35.5. The van der Waals surface area contributed by atoms with Crippen LogP contribution in [0.3, 0.4) is 0 Å². The molecule has 4 atom stereocenters. The first-order valence-electron chi connectivity index (χ1n) is 8.09. The molecule has 0 radical (unpaired) electrons. The maximum Gasteiger partial charge on any atom is 0.326 e. The fourth-order valence-electron chi connectivity index (χ4n) is 2.16. The fourth-order valence-corrected chi connectivity index (χ4v) is 2.16. The number of aliphatic carboxylic acids is 1. The van der Waals surface area contributed by atoms with E-state index < -0.39 is 36.0 Å². The predicted molar refractivity (Wildman–Crippen MR) is 86.7 cm³/mol. The van der Waals surface area contributed by atoms with Gasteiger partial charge in [-0.1, -0.05) is 34.1 Å². The van der Waals surface area contributed by atoms with Crippen LogP contribution in [-0.2, 0) is 14.4 Å². The average Bonchev–Trinajstić information content (AvgIpc) is 2.41. The van der Waals surface area contributed by atoms with Crippen molar-refractivity contribution in [2.24, 2.45) is 11.8 Å². The smallest absolute Gasteiger partial charge is 0.326 e. The summed E-state index contributed by atoms with van der Waals surface area (Å²) in [5.74, 6) is -2.07. The molecule has 0 spiro atoms. The summed E-state index contributed by atoms with van der Waals surface area (Å²) < 4.78 is 0. The number of amides is 2. The summed E-state index contributed by atoms with van der Waals surface area (Å²) in [6.07, 6.45) is 0.0581. The zero-order valence-electron chi connectivity index (χ0n) is 14.6. The number of carboxylic acids is 1. The Morgan fingerprint density at radius 2 is 1.61 bits per heavy atom. The second-order valence-electron chi connectivity index (χ2n) is 6.51. The number of aliphatic hydroxyl groups excluding tert-OH is 1. The van der Waals surface area contributed by atoms with Crippen LogP contribution in [0.25, 0.3) is 0 Å². The molecule has 134 valence electrons. The van der Waals surface area contributed by atoms with Crippen LogP contribution in [0.15, 0.2) is 0 Å². The standard InChI is InChI=1S/C16H30N2O5/c1-6-10(4)14(18-13(20)8-11(5)19)15(21)17-12(16(22)23)7-9(2)3/h9-12,14,19H,6-8H2,1-5H3,(H,17,21)(H,18,20)(H,22,23)/t10-,11?,12-,14-/m0/s1. The zero-order valence-corrected chi connectivity index (χ0v) is 14.6. The molecule has 1 unspecified atom stereocenters. The highest BCUT2D eigenvalue weighted by molar-refractivity contribution is 5.90. The molecule has 0 bridgehead atoms. The van der Waals surface area contributed by atoms with Crippen molar-refractivity contribution >= 4 is 17.8 Å². The normalized spacial score (nSPS) is 16.3. The van der Waals surface area contributed by atoms with Gasteiger partial charge in [0.1, 0.15) is 12.1 Å². The highest BCUT2D eigenvalue weighted by atomic mass is 16.4. The van der Waals surface area contributed by atoms with E-state index in [2.05, 4.69) is 10.6 Å².